The molecule has 27 heavy (non-hydrogen) atoms. The third-order valence-electron chi connectivity index (χ3n) is 4.78. The van der Waals surface area contributed by atoms with Gasteiger partial charge in [-0.05, 0) is 37.5 Å². The molecule has 1 saturated carbocycles. The molecular formula is C21H28IN3O2. The summed E-state index contributed by atoms with van der Waals surface area (Å²) in [6.45, 7) is 3.43. The minimum absolute atomic E-state index is 0. The highest BCUT2D eigenvalue weighted by atomic mass is 127. The van der Waals surface area contributed by atoms with E-state index in [1.54, 1.807) is 14.2 Å². The van der Waals surface area contributed by atoms with Gasteiger partial charge in [0.2, 0.25) is 0 Å². The summed E-state index contributed by atoms with van der Waals surface area (Å²) in [4.78, 5) is 4.34. The lowest BCUT2D eigenvalue weighted by Gasteiger charge is -2.19. The Hall–Kier alpha value is -1.96. The Kier molecular flexibility index (Phi) is 7.77. The number of benzene rings is 2. The molecule has 5 nitrogen and oxygen atoms in total. The predicted molar refractivity (Wildman–Crippen MR) is 122 cm³/mol. The highest BCUT2D eigenvalue weighted by molar-refractivity contribution is 14.0. The molecule has 0 saturated heterocycles. The molecule has 0 radical (unpaired) electrons. The van der Waals surface area contributed by atoms with Crippen LogP contribution in [0.1, 0.15) is 25.3 Å². The Labute approximate surface area is 178 Å². The summed E-state index contributed by atoms with van der Waals surface area (Å²) in [7, 11) is 3.43. The first kappa shape index (κ1) is 21.3. The molecule has 2 aromatic carbocycles. The second-order valence-electron chi connectivity index (χ2n) is 6.50. The monoisotopic (exact) mass is 481 g/mol. The van der Waals surface area contributed by atoms with Crippen LogP contribution in [0.25, 0.3) is 0 Å². The molecule has 0 heterocycles. The number of anilines is 1. The van der Waals surface area contributed by atoms with Crippen molar-refractivity contribution < 1.29 is 9.47 Å². The largest absolute Gasteiger partial charge is 0.493 e. The van der Waals surface area contributed by atoms with E-state index in [0.717, 1.165) is 23.9 Å². The standard InChI is InChI=1S/C21H27N3O2.HI/c1-4-26-18-11-10-17(14-19(18)25-3)24-20(22-2)23-15-21(12-13-21)16-8-6-5-7-9-16;/h5-11,14H,4,12-13,15H2,1-3H3,(H2,22,23,24);1H. The maximum Gasteiger partial charge on any atom is 0.195 e. The first-order valence-electron chi connectivity index (χ1n) is 9.05. The van der Waals surface area contributed by atoms with Crippen LogP contribution in [0.15, 0.2) is 53.5 Å². The summed E-state index contributed by atoms with van der Waals surface area (Å²) in [5, 5.41) is 6.79. The summed E-state index contributed by atoms with van der Waals surface area (Å²) < 4.78 is 11.0. The minimum Gasteiger partial charge on any atom is -0.493 e. The van der Waals surface area contributed by atoms with Crippen molar-refractivity contribution in [1.82, 2.24) is 5.32 Å². The molecule has 0 aliphatic heterocycles. The van der Waals surface area contributed by atoms with Crippen molar-refractivity contribution in [3.63, 3.8) is 0 Å². The number of ether oxygens (including phenoxy) is 2. The van der Waals surface area contributed by atoms with Crippen LogP contribution in [-0.2, 0) is 5.41 Å². The zero-order valence-electron chi connectivity index (χ0n) is 16.1. The van der Waals surface area contributed by atoms with Crippen LogP contribution in [0.2, 0.25) is 0 Å². The van der Waals surface area contributed by atoms with Gasteiger partial charge in [0.25, 0.3) is 0 Å². The average molecular weight is 481 g/mol. The number of nitrogens with one attached hydrogen (secondary N) is 2. The molecule has 0 amide bonds. The number of halogens is 1. The maximum atomic E-state index is 5.56. The fourth-order valence-corrected chi connectivity index (χ4v) is 3.10. The summed E-state index contributed by atoms with van der Waals surface area (Å²) >= 11 is 0. The van der Waals surface area contributed by atoms with E-state index in [4.69, 9.17) is 9.47 Å². The summed E-state index contributed by atoms with van der Waals surface area (Å²) in [5.74, 6) is 2.19. The van der Waals surface area contributed by atoms with Gasteiger partial charge in [0.15, 0.2) is 17.5 Å². The zero-order valence-corrected chi connectivity index (χ0v) is 18.4. The highest BCUT2D eigenvalue weighted by Crippen LogP contribution is 2.47. The van der Waals surface area contributed by atoms with Crippen molar-refractivity contribution in [2.45, 2.75) is 25.2 Å². The first-order chi connectivity index (χ1) is 12.7. The van der Waals surface area contributed by atoms with E-state index < -0.39 is 0 Å². The first-order valence-corrected chi connectivity index (χ1v) is 9.05. The van der Waals surface area contributed by atoms with Crippen molar-refractivity contribution in [2.24, 2.45) is 4.99 Å². The molecule has 2 N–H and O–H groups in total. The molecule has 0 aromatic heterocycles. The molecule has 0 bridgehead atoms. The van der Waals surface area contributed by atoms with Crippen molar-refractivity contribution in [1.29, 1.82) is 0 Å². The Morgan fingerprint density at radius 2 is 1.85 bits per heavy atom. The van der Waals surface area contributed by atoms with E-state index in [1.165, 1.54) is 18.4 Å². The number of guanidine groups is 1. The Bertz CT molecular complexity index is 761. The van der Waals surface area contributed by atoms with Gasteiger partial charge in [0.05, 0.1) is 13.7 Å². The summed E-state index contributed by atoms with van der Waals surface area (Å²) in [6.07, 6.45) is 2.41. The van der Waals surface area contributed by atoms with E-state index in [2.05, 4.69) is 46.0 Å². The van der Waals surface area contributed by atoms with E-state index >= 15 is 0 Å². The Morgan fingerprint density at radius 3 is 2.44 bits per heavy atom. The van der Waals surface area contributed by atoms with Gasteiger partial charge in [-0.3, -0.25) is 4.99 Å². The van der Waals surface area contributed by atoms with Crippen molar-refractivity contribution in [2.75, 3.05) is 32.6 Å². The molecule has 3 rings (SSSR count). The number of rotatable bonds is 7. The minimum atomic E-state index is 0. The molecular weight excluding hydrogens is 453 g/mol. The van der Waals surface area contributed by atoms with Gasteiger partial charge in [-0.1, -0.05) is 30.3 Å². The third-order valence-corrected chi connectivity index (χ3v) is 4.78. The molecule has 0 atom stereocenters. The fourth-order valence-electron chi connectivity index (χ4n) is 3.10. The zero-order chi connectivity index (χ0) is 18.4. The van der Waals surface area contributed by atoms with E-state index in [-0.39, 0.29) is 29.4 Å². The Balaban J connectivity index is 0.00000261. The van der Waals surface area contributed by atoms with Gasteiger partial charge in [0, 0.05) is 30.8 Å². The lowest BCUT2D eigenvalue weighted by Crippen LogP contribution is -2.36. The number of hydrogen-bond donors (Lipinski definition) is 2. The number of aliphatic imine (C=N–C) groups is 1. The molecule has 1 fully saturated rings. The van der Waals surface area contributed by atoms with E-state index in [1.807, 2.05) is 25.1 Å². The highest BCUT2D eigenvalue weighted by Gasteiger charge is 2.44. The number of methoxy groups -OCH3 is 1. The van der Waals surface area contributed by atoms with Crippen LogP contribution in [0.3, 0.4) is 0 Å². The molecule has 1 aliphatic carbocycles. The smallest absolute Gasteiger partial charge is 0.195 e. The van der Waals surface area contributed by atoms with Crippen molar-refractivity contribution in [3.05, 3.63) is 54.1 Å². The van der Waals surface area contributed by atoms with Crippen LogP contribution < -0.4 is 20.1 Å². The fraction of sp³-hybridized carbons (Fsp3) is 0.381. The van der Waals surface area contributed by atoms with Crippen LogP contribution in [-0.4, -0.2) is 33.3 Å². The van der Waals surface area contributed by atoms with Crippen LogP contribution in [0, 0.1) is 0 Å². The van der Waals surface area contributed by atoms with E-state index in [9.17, 15) is 0 Å². The maximum absolute atomic E-state index is 5.56. The Morgan fingerprint density at radius 1 is 1.11 bits per heavy atom. The van der Waals surface area contributed by atoms with Gasteiger partial charge in [-0.15, -0.1) is 24.0 Å². The van der Waals surface area contributed by atoms with Gasteiger partial charge >= 0.3 is 0 Å². The van der Waals surface area contributed by atoms with E-state index in [0.29, 0.717) is 12.4 Å². The van der Waals surface area contributed by atoms with Gasteiger partial charge in [-0.2, -0.15) is 0 Å². The lowest BCUT2D eigenvalue weighted by molar-refractivity contribution is 0.311. The summed E-state index contributed by atoms with van der Waals surface area (Å²) in [6, 6.07) is 16.5. The van der Waals surface area contributed by atoms with Gasteiger partial charge in [-0.25, -0.2) is 0 Å². The van der Waals surface area contributed by atoms with Crippen molar-refractivity contribution in [3.8, 4) is 11.5 Å². The summed E-state index contributed by atoms with van der Waals surface area (Å²) in [5.41, 5.74) is 2.53. The van der Waals surface area contributed by atoms with Crippen LogP contribution in [0.5, 0.6) is 11.5 Å². The second kappa shape index (κ2) is 9.82. The third kappa shape index (κ3) is 5.28. The molecule has 146 valence electrons. The SMILES string of the molecule is CCOc1ccc(NC(=NC)NCC2(c3ccccc3)CC2)cc1OC.I. The predicted octanol–water partition coefficient (Wildman–Crippen LogP) is 4.43. The average Bonchev–Trinajstić information content (AvgIpc) is 3.48. The van der Waals surface area contributed by atoms with Crippen LogP contribution in [0.4, 0.5) is 5.69 Å². The molecule has 0 unspecified atom stereocenters. The number of nitrogens with zero attached hydrogens (tertiary/aromatic N) is 1. The molecule has 0 spiro atoms. The topological polar surface area (TPSA) is 54.9 Å². The number of hydrogen-bond acceptors (Lipinski definition) is 3. The molecule has 6 heteroatoms. The second-order valence-corrected chi connectivity index (χ2v) is 6.50. The molecule has 2 aromatic rings. The molecule has 1 aliphatic rings. The lowest BCUT2D eigenvalue weighted by atomic mass is 9.96. The van der Waals surface area contributed by atoms with Gasteiger partial charge < -0.3 is 20.1 Å². The normalized spacial score (nSPS) is 14.7. The van der Waals surface area contributed by atoms with Crippen molar-refractivity contribution >= 4 is 35.6 Å². The van der Waals surface area contributed by atoms with Crippen LogP contribution >= 0.6 is 24.0 Å². The quantitative estimate of drug-likeness (QED) is 0.349. The van der Waals surface area contributed by atoms with Gasteiger partial charge in [0.1, 0.15) is 0 Å².